The zero-order valence-electron chi connectivity index (χ0n) is 34.6. The second-order valence-corrected chi connectivity index (χ2v) is 18.1. The molecule has 0 N–H and O–H groups in total. The van der Waals surface area contributed by atoms with E-state index in [-0.39, 0.29) is 11.5 Å². The van der Waals surface area contributed by atoms with E-state index < -0.39 is 0 Å². The molecule has 3 aliphatic carbocycles. The highest BCUT2D eigenvalue weighted by Gasteiger charge is 2.52. The fraction of sp³-hybridized carbons (Fsp3) is 0.0492. The third-order valence-electron chi connectivity index (χ3n) is 13.8. The Kier molecular flexibility index (Phi) is 8.19. The molecule has 0 bridgehead atoms. The molecule has 0 radical (unpaired) electrons. The Morgan fingerprint density at radius 3 is 1.63 bits per heavy atom. The van der Waals surface area contributed by atoms with Gasteiger partial charge in [0, 0.05) is 37.1 Å². The van der Waals surface area contributed by atoms with Gasteiger partial charge in [-0.1, -0.05) is 194 Å². The molecule has 63 heavy (non-hydrogen) atoms. The Bertz CT molecular complexity index is 3420. The molecule has 1 atom stereocenters. The molecule has 0 saturated heterocycles. The van der Waals surface area contributed by atoms with E-state index in [4.69, 9.17) is 0 Å². The van der Waals surface area contributed by atoms with Crippen LogP contribution in [0.4, 0.5) is 11.4 Å². The van der Waals surface area contributed by atoms with Gasteiger partial charge in [0.05, 0.1) is 11.5 Å². The maximum Gasteiger partial charge on any atom is 0.0726 e. The third-order valence-corrected chi connectivity index (χ3v) is 15.0. The number of rotatable bonds is 6. The van der Waals surface area contributed by atoms with Gasteiger partial charge in [-0.2, -0.15) is 0 Å². The highest BCUT2D eigenvalue weighted by Crippen LogP contribution is 2.64. The lowest BCUT2D eigenvalue weighted by Gasteiger charge is -2.33. The van der Waals surface area contributed by atoms with Gasteiger partial charge in [-0.05, 0) is 115 Å². The third kappa shape index (κ3) is 5.48. The van der Waals surface area contributed by atoms with E-state index >= 15 is 0 Å². The van der Waals surface area contributed by atoms with Gasteiger partial charge in [-0.3, -0.25) is 0 Å². The Morgan fingerprint density at radius 2 is 0.968 bits per heavy atom. The molecule has 0 aliphatic heterocycles. The van der Waals surface area contributed by atoms with Crippen LogP contribution in [0.3, 0.4) is 0 Å². The fourth-order valence-electron chi connectivity index (χ4n) is 11.0. The van der Waals surface area contributed by atoms with Gasteiger partial charge in [-0.15, -0.1) is 11.3 Å². The average molecular weight is 820 g/mol. The SMILES string of the molecule is C1=CC(N(c2ccc(-c3ccccc3)cc2)c2ccc(-c3ccc4c(c3)-c3c(ccc5c3sc3ccccc35)C43c4ccccc4-c4ccccc43)cc2)CC=C1c1ccccc1. The molecule has 1 spiro atoms. The summed E-state index contributed by atoms with van der Waals surface area (Å²) in [5, 5.41) is 2.67. The molecule has 0 fully saturated rings. The van der Waals surface area contributed by atoms with E-state index in [1.165, 1.54) is 109 Å². The minimum atomic E-state index is -0.385. The Hall–Kier alpha value is -7.52. The lowest BCUT2D eigenvalue weighted by molar-refractivity contribution is 0.787. The lowest BCUT2D eigenvalue weighted by atomic mass is 9.70. The summed E-state index contributed by atoms with van der Waals surface area (Å²) in [6.45, 7) is 0. The number of anilines is 2. The first kappa shape index (κ1) is 36.2. The van der Waals surface area contributed by atoms with E-state index in [1.807, 2.05) is 11.3 Å². The molecule has 1 unspecified atom stereocenters. The number of thiophene rings is 1. The lowest BCUT2D eigenvalue weighted by Crippen LogP contribution is -2.30. The molecule has 9 aromatic carbocycles. The van der Waals surface area contributed by atoms with Gasteiger partial charge in [0.1, 0.15) is 0 Å². The van der Waals surface area contributed by atoms with Gasteiger partial charge in [0.2, 0.25) is 0 Å². The Morgan fingerprint density at radius 1 is 0.429 bits per heavy atom. The molecule has 0 amide bonds. The summed E-state index contributed by atoms with van der Waals surface area (Å²) < 4.78 is 2.71. The molecular weight excluding hydrogens is 779 g/mol. The van der Waals surface area contributed by atoms with Gasteiger partial charge >= 0.3 is 0 Å². The van der Waals surface area contributed by atoms with Crippen molar-refractivity contribution in [2.24, 2.45) is 0 Å². The zero-order valence-corrected chi connectivity index (χ0v) is 35.4. The maximum absolute atomic E-state index is 2.50. The molecule has 2 heteroatoms. The van der Waals surface area contributed by atoms with Crippen LogP contribution in [0, 0.1) is 0 Å². The summed E-state index contributed by atoms with van der Waals surface area (Å²) in [7, 11) is 0. The van der Waals surface area contributed by atoms with E-state index in [9.17, 15) is 0 Å². The van der Waals surface area contributed by atoms with E-state index in [0.717, 1.165) is 6.42 Å². The topological polar surface area (TPSA) is 3.24 Å². The Labute approximate surface area is 372 Å². The standard InChI is InChI=1S/C61H41NS/c1-3-13-40(14-4-1)42-23-30-46(31-24-42)62(47-32-25-43(26-33-47)41-15-5-2-6-16-41)48-34-27-44(28-35-48)45-29-37-56-53(39-45)59-57(38-36-52-51-19-9-12-22-58(51)63-60(52)59)61(56)54-20-10-7-17-49(54)50-18-8-11-21-55(50)61/h1-32,34-39,47H,33H2. The van der Waals surface area contributed by atoms with Crippen molar-refractivity contribution in [3.8, 4) is 44.5 Å². The van der Waals surface area contributed by atoms with Crippen LogP contribution in [0.15, 0.2) is 231 Å². The van der Waals surface area contributed by atoms with Crippen molar-refractivity contribution >= 4 is 48.5 Å². The van der Waals surface area contributed by atoms with Crippen molar-refractivity contribution in [1.29, 1.82) is 0 Å². The summed E-state index contributed by atoms with van der Waals surface area (Å²) >= 11 is 1.94. The zero-order chi connectivity index (χ0) is 41.5. The average Bonchev–Trinajstić information content (AvgIpc) is 3.99. The molecule has 13 rings (SSSR count). The molecule has 1 heterocycles. The van der Waals surface area contributed by atoms with Crippen molar-refractivity contribution in [1.82, 2.24) is 0 Å². The van der Waals surface area contributed by atoms with E-state index in [1.54, 1.807) is 0 Å². The van der Waals surface area contributed by atoms with Gasteiger partial charge in [0.25, 0.3) is 0 Å². The summed E-state index contributed by atoms with van der Waals surface area (Å²) in [5.74, 6) is 0. The smallest absolute Gasteiger partial charge is 0.0726 e. The molecule has 1 aromatic heterocycles. The van der Waals surface area contributed by atoms with Crippen molar-refractivity contribution in [2.45, 2.75) is 17.9 Å². The van der Waals surface area contributed by atoms with Crippen LogP contribution < -0.4 is 4.90 Å². The van der Waals surface area contributed by atoms with Gasteiger partial charge in [0.15, 0.2) is 0 Å². The summed E-state index contributed by atoms with van der Waals surface area (Å²) in [5.41, 5.74) is 20.3. The first-order valence-electron chi connectivity index (χ1n) is 22.0. The fourth-order valence-corrected chi connectivity index (χ4v) is 12.3. The van der Waals surface area contributed by atoms with Crippen LogP contribution in [-0.2, 0) is 5.41 Å². The van der Waals surface area contributed by atoms with Gasteiger partial charge in [-0.25, -0.2) is 0 Å². The highest BCUT2D eigenvalue weighted by atomic mass is 32.1. The first-order valence-corrected chi connectivity index (χ1v) is 22.8. The highest BCUT2D eigenvalue weighted by molar-refractivity contribution is 7.26. The largest absolute Gasteiger partial charge is 0.334 e. The van der Waals surface area contributed by atoms with Crippen LogP contribution in [0.2, 0.25) is 0 Å². The molecule has 3 aliphatic rings. The number of hydrogen-bond donors (Lipinski definition) is 0. The number of benzene rings is 9. The normalized spacial score (nSPS) is 15.2. The maximum atomic E-state index is 2.50. The predicted molar refractivity (Wildman–Crippen MR) is 267 cm³/mol. The van der Waals surface area contributed by atoms with Crippen molar-refractivity contribution in [3.05, 3.63) is 258 Å². The van der Waals surface area contributed by atoms with E-state index in [0.29, 0.717) is 0 Å². The molecule has 10 aromatic rings. The second-order valence-electron chi connectivity index (χ2n) is 17.1. The molecular formula is C61H41NS. The van der Waals surface area contributed by atoms with Crippen LogP contribution in [-0.4, -0.2) is 6.04 Å². The summed E-state index contributed by atoms with van der Waals surface area (Å²) in [6, 6.07) is 79.2. The number of allylic oxidation sites excluding steroid dienone is 2. The van der Waals surface area contributed by atoms with Crippen molar-refractivity contribution < 1.29 is 0 Å². The minimum Gasteiger partial charge on any atom is -0.334 e. The van der Waals surface area contributed by atoms with Crippen LogP contribution in [0.5, 0.6) is 0 Å². The summed E-state index contributed by atoms with van der Waals surface area (Å²) in [4.78, 5) is 2.50. The monoisotopic (exact) mass is 819 g/mol. The van der Waals surface area contributed by atoms with Crippen molar-refractivity contribution in [2.75, 3.05) is 4.90 Å². The van der Waals surface area contributed by atoms with E-state index in [2.05, 4.69) is 235 Å². The van der Waals surface area contributed by atoms with Crippen molar-refractivity contribution in [3.63, 3.8) is 0 Å². The van der Waals surface area contributed by atoms with Crippen LogP contribution in [0.1, 0.15) is 34.2 Å². The number of nitrogens with zero attached hydrogens (tertiary/aromatic N) is 1. The quantitative estimate of drug-likeness (QED) is 0.162. The second kappa shape index (κ2) is 14.3. The van der Waals surface area contributed by atoms with Gasteiger partial charge < -0.3 is 4.90 Å². The number of fused-ring (bicyclic) bond motifs is 14. The minimum absolute atomic E-state index is 0.166. The van der Waals surface area contributed by atoms with Crippen LogP contribution >= 0.6 is 11.3 Å². The Balaban J connectivity index is 0.935. The number of hydrogen-bond acceptors (Lipinski definition) is 2. The first-order chi connectivity index (χ1) is 31.2. The molecule has 1 nitrogen and oxygen atoms in total. The van der Waals surface area contributed by atoms with Crippen LogP contribution in [0.25, 0.3) is 70.3 Å². The molecule has 0 saturated carbocycles. The molecule has 296 valence electrons. The summed E-state index contributed by atoms with van der Waals surface area (Å²) in [6.07, 6.45) is 7.98. The predicted octanol–water partition coefficient (Wildman–Crippen LogP) is 16.3.